The maximum Gasteiger partial charge on any atom is 0.263 e. The highest BCUT2D eigenvalue weighted by Gasteiger charge is 2.16. The van der Waals surface area contributed by atoms with Crippen LogP contribution in [-0.2, 0) is 4.74 Å². The largest absolute Gasteiger partial charge is 0.397 e. The van der Waals surface area contributed by atoms with E-state index in [1.807, 2.05) is 19.1 Å². The summed E-state index contributed by atoms with van der Waals surface area (Å²) in [4.78, 5) is 17.9. The lowest BCUT2D eigenvalue weighted by atomic mass is 10.2. The van der Waals surface area contributed by atoms with Crippen molar-refractivity contribution in [3.8, 4) is 0 Å². The molecule has 2 aromatic rings. The molecule has 0 saturated carbocycles. The van der Waals surface area contributed by atoms with Gasteiger partial charge in [0.25, 0.3) is 5.91 Å². The normalized spacial score (nSPS) is 11.2. The number of hydrogen-bond acceptors (Lipinski definition) is 5. The van der Waals surface area contributed by atoms with Crippen LogP contribution in [0, 0.1) is 12.8 Å². The number of ether oxygens (including phenoxy) is 1. The number of fused-ring (bicyclic) bond motifs is 1. The molecule has 0 fully saturated rings. The summed E-state index contributed by atoms with van der Waals surface area (Å²) in [7, 11) is 0. The van der Waals surface area contributed by atoms with Crippen LogP contribution in [0.4, 0.5) is 5.69 Å². The maximum absolute atomic E-state index is 12.2. The molecule has 3 N–H and O–H groups in total. The van der Waals surface area contributed by atoms with Gasteiger partial charge in [-0.15, -0.1) is 11.3 Å². The van der Waals surface area contributed by atoms with Gasteiger partial charge in [0.15, 0.2) is 0 Å². The highest BCUT2D eigenvalue weighted by molar-refractivity contribution is 7.21. The highest BCUT2D eigenvalue weighted by atomic mass is 32.1. The van der Waals surface area contributed by atoms with Crippen LogP contribution in [0.1, 0.15) is 29.2 Å². The fourth-order valence-electron chi connectivity index (χ4n) is 1.89. The Labute approximate surface area is 128 Å². The number of amides is 1. The summed E-state index contributed by atoms with van der Waals surface area (Å²) in [5, 5.41) is 3.67. The number of nitrogens with one attached hydrogen (secondary N) is 1. The van der Waals surface area contributed by atoms with Crippen molar-refractivity contribution in [2.75, 3.05) is 25.5 Å². The molecular formula is C15H21N3O2S. The zero-order valence-corrected chi connectivity index (χ0v) is 13.4. The first kappa shape index (κ1) is 15.7. The molecule has 0 aliphatic heterocycles. The van der Waals surface area contributed by atoms with Crippen molar-refractivity contribution in [1.82, 2.24) is 10.3 Å². The minimum Gasteiger partial charge on any atom is -0.397 e. The van der Waals surface area contributed by atoms with Crippen LogP contribution >= 0.6 is 11.3 Å². The van der Waals surface area contributed by atoms with Gasteiger partial charge in [0.1, 0.15) is 9.71 Å². The Balaban J connectivity index is 1.98. The standard InChI is InChI=1S/C15H21N3O2S/c1-9(2)8-20-7-6-17-14(19)13-12(16)11-5-4-10(3)18-15(11)21-13/h4-5,9H,6-8,16H2,1-3H3,(H,17,19). The Morgan fingerprint density at radius 3 is 2.95 bits per heavy atom. The smallest absolute Gasteiger partial charge is 0.263 e. The summed E-state index contributed by atoms with van der Waals surface area (Å²) in [6.07, 6.45) is 0. The van der Waals surface area contributed by atoms with Crippen molar-refractivity contribution in [2.45, 2.75) is 20.8 Å². The number of thiophene rings is 1. The summed E-state index contributed by atoms with van der Waals surface area (Å²) < 4.78 is 5.43. The van der Waals surface area contributed by atoms with Crippen LogP contribution in [0.5, 0.6) is 0 Å². The number of aryl methyl sites for hydroxylation is 1. The number of carbonyl (C=O) groups excluding carboxylic acids is 1. The molecule has 2 rings (SSSR count). The highest BCUT2D eigenvalue weighted by Crippen LogP contribution is 2.32. The van der Waals surface area contributed by atoms with E-state index >= 15 is 0 Å². The van der Waals surface area contributed by atoms with Crippen molar-refractivity contribution >= 4 is 33.1 Å². The third-order valence-corrected chi connectivity index (χ3v) is 4.04. The Morgan fingerprint density at radius 1 is 1.48 bits per heavy atom. The average molecular weight is 307 g/mol. The first-order valence-electron chi connectivity index (χ1n) is 7.00. The van der Waals surface area contributed by atoms with Crippen LogP contribution in [0.25, 0.3) is 10.2 Å². The zero-order valence-electron chi connectivity index (χ0n) is 12.6. The molecular weight excluding hydrogens is 286 g/mol. The van der Waals surface area contributed by atoms with E-state index in [1.165, 1.54) is 11.3 Å². The quantitative estimate of drug-likeness (QED) is 0.804. The number of carbonyl (C=O) groups is 1. The summed E-state index contributed by atoms with van der Waals surface area (Å²) in [6.45, 7) is 7.78. The van der Waals surface area contributed by atoms with Gasteiger partial charge >= 0.3 is 0 Å². The third kappa shape index (κ3) is 3.92. The molecule has 5 nitrogen and oxygen atoms in total. The number of nitrogen functional groups attached to an aromatic ring is 1. The third-order valence-electron chi connectivity index (χ3n) is 2.92. The molecule has 0 bridgehead atoms. The van der Waals surface area contributed by atoms with Gasteiger partial charge < -0.3 is 15.8 Å². The van der Waals surface area contributed by atoms with Gasteiger partial charge in [-0.25, -0.2) is 4.98 Å². The predicted octanol–water partition coefficient (Wildman–Crippen LogP) is 2.59. The van der Waals surface area contributed by atoms with Crippen LogP contribution in [0.3, 0.4) is 0 Å². The average Bonchev–Trinajstić information content (AvgIpc) is 2.74. The molecule has 6 heteroatoms. The number of rotatable bonds is 6. The SMILES string of the molecule is Cc1ccc2c(N)c(C(=O)NCCOCC(C)C)sc2n1. The van der Waals surface area contributed by atoms with Crippen LogP contribution in [-0.4, -0.2) is 30.6 Å². The molecule has 0 aliphatic rings. The van der Waals surface area contributed by atoms with E-state index in [0.717, 1.165) is 15.9 Å². The van der Waals surface area contributed by atoms with E-state index in [-0.39, 0.29) is 5.91 Å². The number of aromatic nitrogens is 1. The molecule has 0 atom stereocenters. The fraction of sp³-hybridized carbons (Fsp3) is 0.467. The topological polar surface area (TPSA) is 77.2 Å². The Kier molecular flexibility index (Phi) is 5.14. The molecule has 2 aromatic heterocycles. The van der Waals surface area contributed by atoms with Crippen molar-refractivity contribution in [3.05, 3.63) is 22.7 Å². The summed E-state index contributed by atoms with van der Waals surface area (Å²) in [5.74, 6) is 0.328. The molecule has 21 heavy (non-hydrogen) atoms. The second-order valence-electron chi connectivity index (χ2n) is 5.37. The van der Waals surface area contributed by atoms with Crippen LogP contribution < -0.4 is 11.1 Å². The van der Waals surface area contributed by atoms with Crippen molar-refractivity contribution < 1.29 is 9.53 Å². The molecule has 0 saturated heterocycles. The van der Waals surface area contributed by atoms with E-state index in [4.69, 9.17) is 10.5 Å². The monoisotopic (exact) mass is 307 g/mol. The number of pyridine rings is 1. The van der Waals surface area contributed by atoms with E-state index in [9.17, 15) is 4.79 Å². The second kappa shape index (κ2) is 6.87. The predicted molar refractivity (Wildman–Crippen MR) is 86.8 cm³/mol. The molecule has 2 heterocycles. The molecule has 0 aromatic carbocycles. The Morgan fingerprint density at radius 2 is 2.24 bits per heavy atom. The summed E-state index contributed by atoms with van der Waals surface area (Å²) >= 11 is 1.33. The van der Waals surface area contributed by atoms with Gasteiger partial charge in [0, 0.05) is 24.2 Å². The van der Waals surface area contributed by atoms with Gasteiger partial charge in [-0.05, 0) is 25.0 Å². The lowest BCUT2D eigenvalue weighted by Gasteiger charge is -2.07. The summed E-state index contributed by atoms with van der Waals surface area (Å²) in [6, 6.07) is 3.80. The van der Waals surface area contributed by atoms with Crippen molar-refractivity contribution in [1.29, 1.82) is 0 Å². The molecule has 0 radical (unpaired) electrons. The maximum atomic E-state index is 12.2. The zero-order chi connectivity index (χ0) is 15.4. The minimum atomic E-state index is -0.165. The lowest BCUT2D eigenvalue weighted by molar-refractivity contribution is 0.0890. The number of nitrogens with zero attached hydrogens (tertiary/aromatic N) is 1. The van der Waals surface area contributed by atoms with Gasteiger partial charge in [-0.1, -0.05) is 13.8 Å². The van der Waals surface area contributed by atoms with E-state index in [1.54, 1.807) is 0 Å². The number of anilines is 1. The summed E-state index contributed by atoms with van der Waals surface area (Å²) in [5.41, 5.74) is 7.46. The van der Waals surface area contributed by atoms with E-state index < -0.39 is 0 Å². The second-order valence-corrected chi connectivity index (χ2v) is 6.37. The molecule has 0 aliphatic carbocycles. The van der Waals surface area contributed by atoms with Gasteiger partial charge in [-0.2, -0.15) is 0 Å². The Bertz CT molecular complexity index is 637. The fourth-order valence-corrected chi connectivity index (χ4v) is 2.95. The van der Waals surface area contributed by atoms with Crippen molar-refractivity contribution in [2.24, 2.45) is 5.92 Å². The molecule has 114 valence electrons. The molecule has 0 spiro atoms. The first-order chi connectivity index (χ1) is 9.99. The number of nitrogens with two attached hydrogens (primary N) is 1. The van der Waals surface area contributed by atoms with E-state index in [0.29, 0.717) is 36.2 Å². The van der Waals surface area contributed by atoms with Gasteiger partial charge in [0.05, 0.1) is 12.3 Å². The molecule has 0 unspecified atom stereocenters. The van der Waals surface area contributed by atoms with Crippen LogP contribution in [0.2, 0.25) is 0 Å². The van der Waals surface area contributed by atoms with Crippen LogP contribution in [0.15, 0.2) is 12.1 Å². The molecule has 1 amide bonds. The van der Waals surface area contributed by atoms with Gasteiger partial charge in [-0.3, -0.25) is 4.79 Å². The van der Waals surface area contributed by atoms with Gasteiger partial charge in [0.2, 0.25) is 0 Å². The Hall–Kier alpha value is -1.66. The first-order valence-corrected chi connectivity index (χ1v) is 7.82. The van der Waals surface area contributed by atoms with Crippen molar-refractivity contribution in [3.63, 3.8) is 0 Å². The lowest BCUT2D eigenvalue weighted by Crippen LogP contribution is -2.27. The number of hydrogen-bond donors (Lipinski definition) is 2. The minimum absolute atomic E-state index is 0.165. The van der Waals surface area contributed by atoms with E-state index in [2.05, 4.69) is 24.1 Å².